The van der Waals surface area contributed by atoms with Crippen molar-refractivity contribution >= 4 is 11.7 Å². The number of amides is 1. The second-order valence-corrected chi connectivity index (χ2v) is 7.10. The third kappa shape index (κ3) is 3.57. The van der Waals surface area contributed by atoms with Gasteiger partial charge in [0.25, 0.3) is 0 Å². The predicted octanol–water partition coefficient (Wildman–Crippen LogP) is 2.82. The van der Waals surface area contributed by atoms with Gasteiger partial charge in [-0.25, -0.2) is 14.3 Å². The Morgan fingerprint density at radius 1 is 1.34 bits per heavy atom. The monoisotopic (exact) mass is 392 g/mol. The van der Waals surface area contributed by atoms with Gasteiger partial charge in [0, 0.05) is 38.0 Å². The molecule has 9 nitrogen and oxygen atoms in total. The number of hydrogen-bond donors (Lipinski definition) is 0. The van der Waals surface area contributed by atoms with E-state index in [1.54, 1.807) is 44.1 Å². The fourth-order valence-corrected chi connectivity index (χ4v) is 3.07. The van der Waals surface area contributed by atoms with Crippen molar-refractivity contribution in [3.63, 3.8) is 0 Å². The van der Waals surface area contributed by atoms with Crippen LogP contribution in [0.5, 0.6) is 5.75 Å². The first kappa shape index (κ1) is 18.7. The summed E-state index contributed by atoms with van der Waals surface area (Å²) in [6.07, 6.45) is 4.12. The molecule has 3 aromatic rings. The first-order valence-electron chi connectivity index (χ1n) is 9.19. The third-order valence-electron chi connectivity index (χ3n) is 4.75. The zero-order chi connectivity index (χ0) is 20.5. The lowest BCUT2D eigenvalue weighted by Crippen LogP contribution is -2.26. The first-order valence-corrected chi connectivity index (χ1v) is 9.19. The summed E-state index contributed by atoms with van der Waals surface area (Å²) in [6.45, 7) is 0. The zero-order valence-electron chi connectivity index (χ0n) is 16.4. The van der Waals surface area contributed by atoms with Crippen molar-refractivity contribution < 1.29 is 14.3 Å². The Labute approximate surface area is 167 Å². The van der Waals surface area contributed by atoms with Crippen molar-refractivity contribution in [2.45, 2.75) is 18.9 Å². The Bertz CT molecular complexity index is 1110. The normalized spacial score (nSPS) is 14.3. The van der Waals surface area contributed by atoms with Crippen molar-refractivity contribution in [2.75, 3.05) is 21.2 Å². The summed E-state index contributed by atoms with van der Waals surface area (Å²) in [5.41, 5.74) is 2.38. The lowest BCUT2D eigenvalue weighted by molar-refractivity contribution is 0.0590. The Morgan fingerprint density at radius 2 is 2.14 bits per heavy atom. The Balaban J connectivity index is 1.83. The lowest BCUT2D eigenvalue weighted by Gasteiger charge is -2.17. The standard InChI is InChI=1S/C20H20N6O3/c1-25(2)20(27)29-17(13-4-5-13)18-23-19-16(28-3)7-6-15(26(19)24-18)14-8-12(9-21)10-22-11-14/h6-8,10-11,13,17H,4-5H2,1-3H3. The highest BCUT2D eigenvalue weighted by Crippen LogP contribution is 2.43. The molecule has 0 saturated heterocycles. The van der Waals surface area contributed by atoms with Crippen LogP contribution >= 0.6 is 0 Å². The highest BCUT2D eigenvalue weighted by molar-refractivity contribution is 5.68. The second-order valence-electron chi connectivity index (χ2n) is 7.10. The van der Waals surface area contributed by atoms with Gasteiger partial charge in [0.2, 0.25) is 0 Å². The number of carbonyl (C=O) groups is 1. The molecule has 4 rings (SSSR count). The number of pyridine rings is 2. The number of ether oxygens (including phenoxy) is 2. The molecule has 1 aliphatic carbocycles. The number of methoxy groups -OCH3 is 1. The van der Waals surface area contributed by atoms with E-state index < -0.39 is 12.2 Å². The Morgan fingerprint density at radius 3 is 2.79 bits per heavy atom. The highest BCUT2D eigenvalue weighted by atomic mass is 16.6. The van der Waals surface area contributed by atoms with E-state index in [1.165, 1.54) is 11.1 Å². The number of fused-ring (bicyclic) bond motifs is 1. The summed E-state index contributed by atoms with van der Waals surface area (Å²) >= 11 is 0. The number of hydrogen-bond acceptors (Lipinski definition) is 7. The van der Waals surface area contributed by atoms with E-state index in [1.807, 2.05) is 6.07 Å². The summed E-state index contributed by atoms with van der Waals surface area (Å²) in [7, 11) is 4.84. The molecule has 1 aliphatic rings. The van der Waals surface area contributed by atoms with E-state index in [-0.39, 0.29) is 5.92 Å². The van der Waals surface area contributed by atoms with Gasteiger partial charge in [-0.15, -0.1) is 5.10 Å². The van der Waals surface area contributed by atoms with Gasteiger partial charge in [-0.1, -0.05) is 0 Å². The van der Waals surface area contributed by atoms with E-state index >= 15 is 0 Å². The van der Waals surface area contributed by atoms with Crippen LogP contribution in [0.1, 0.15) is 30.3 Å². The third-order valence-corrected chi connectivity index (χ3v) is 4.75. The molecule has 0 radical (unpaired) electrons. The van der Waals surface area contributed by atoms with Crippen LogP contribution in [0.3, 0.4) is 0 Å². The summed E-state index contributed by atoms with van der Waals surface area (Å²) in [4.78, 5) is 22.3. The molecule has 148 valence electrons. The van der Waals surface area contributed by atoms with Crippen LogP contribution in [0, 0.1) is 17.2 Å². The van der Waals surface area contributed by atoms with Crippen LogP contribution < -0.4 is 4.74 Å². The minimum absolute atomic E-state index is 0.203. The molecule has 29 heavy (non-hydrogen) atoms. The molecule has 0 bridgehead atoms. The molecule has 9 heteroatoms. The van der Waals surface area contributed by atoms with Crippen LogP contribution in [0.2, 0.25) is 0 Å². The Kier molecular flexibility index (Phi) is 4.76. The van der Waals surface area contributed by atoms with Crippen LogP contribution in [0.15, 0.2) is 30.6 Å². The minimum atomic E-state index is -0.522. The maximum atomic E-state index is 12.1. The molecule has 3 aromatic heterocycles. The molecule has 0 aliphatic heterocycles. The van der Waals surface area contributed by atoms with Crippen molar-refractivity contribution in [1.29, 1.82) is 5.26 Å². The number of carbonyl (C=O) groups excluding carboxylic acids is 1. The second kappa shape index (κ2) is 7.39. The van der Waals surface area contributed by atoms with Gasteiger partial charge in [0.15, 0.2) is 23.3 Å². The maximum Gasteiger partial charge on any atom is 0.409 e. The van der Waals surface area contributed by atoms with Gasteiger partial charge >= 0.3 is 6.09 Å². The van der Waals surface area contributed by atoms with Gasteiger partial charge in [0.1, 0.15) is 6.07 Å². The van der Waals surface area contributed by atoms with Gasteiger partial charge in [-0.05, 0) is 31.0 Å². The number of rotatable bonds is 5. The van der Waals surface area contributed by atoms with Gasteiger partial charge in [-0.3, -0.25) is 4.98 Å². The molecule has 3 heterocycles. The van der Waals surface area contributed by atoms with E-state index in [2.05, 4.69) is 21.1 Å². The van der Waals surface area contributed by atoms with Crippen molar-refractivity contribution in [1.82, 2.24) is 24.5 Å². The van der Waals surface area contributed by atoms with Crippen LogP contribution in [-0.4, -0.2) is 51.8 Å². The molecular weight excluding hydrogens is 372 g/mol. The average Bonchev–Trinajstić information content (AvgIpc) is 3.48. The largest absolute Gasteiger partial charge is 0.493 e. The summed E-state index contributed by atoms with van der Waals surface area (Å²) < 4.78 is 12.7. The predicted molar refractivity (Wildman–Crippen MR) is 103 cm³/mol. The molecule has 0 N–H and O–H groups in total. The number of aromatic nitrogens is 4. The highest BCUT2D eigenvalue weighted by Gasteiger charge is 2.38. The number of nitriles is 1. The Hall–Kier alpha value is -3.67. The maximum absolute atomic E-state index is 12.1. The lowest BCUT2D eigenvalue weighted by atomic mass is 10.1. The van der Waals surface area contributed by atoms with Gasteiger partial charge in [0.05, 0.1) is 18.4 Å². The van der Waals surface area contributed by atoms with Crippen LogP contribution in [-0.2, 0) is 4.74 Å². The van der Waals surface area contributed by atoms with Gasteiger partial charge < -0.3 is 14.4 Å². The zero-order valence-corrected chi connectivity index (χ0v) is 16.4. The quantitative estimate of drug-likeness (QED) is 0.657. The molecule has 1 atom stereocenters. The van der Waals surface area contributed by atoms with E-state index in [0.717, 1.165) is 18.4 Å². The first-order chi connectivity index (χ1) is 14.0. The molecule has 0 aromatic carbocycles. The van der Waals surface area contributed by atoms with Crippen LogP contribution in [0.25, 0.3) is 16.9 Å². The SMILES string of the molecule is COc1ccc(-c2cncc(C#N)c2)n2nc(C(OC(=O)N(C)C)C3CC3)nc12. The number of nitrogens with zero attached hydrogens (tertiary/aromatic N) is 6. The molecule has 1 unspecified atom stereocenters. The van der Waals surface area contributed by atoms with E-state index in [9.17, 15) is 10.1 Å². The van der Waals surface area contributed by atoms with E-state index in [4.69, 9.17) is 9.47 Å². The smallest absolute Gasteiger partial charge is 0.409 e. The topological polar surface area (TPSA) is 106 Å². The van der Waals surface area contributed by atoms with Crippen LogP contribution in [0.4, 0.5) is 4.79 Å². The summed E-state index contributed by atoms with van der Waals surface area (Å²) in [5, 5.41) is 13.8. The average molecular weight is 392 g/mol. The molecular formula is C20H20N6O3. The summed E-state index contributed by atoms with van der Waals surface area (Å²) in [6, 6.07) is 7.45. The van der Waals surface area contributed by atoms with Crippen molar-refractivity contribution in [3.05, 3.63) is 42.0 Å². The van der Waals surface area contributed by atoms with E-state index in [0.29, 0.717) is 28.5 Å². The van der Waals surface area contributed by atoms with Crippen molar-refractivity contribution in [3.8, 4) is 23.1 Å². The fourth-order valence-electron chi connectivity index (χ4n) is 3.07. The minimum Gasteiger partial charge on any atom is -0.493 e. The fraction of sp³-hybridized carbons (Fsp3) is 0.350. The molecule has 1 amide bonds. The van der Waals surface area contributed by atoms with Gasteiger partial charge in [-0.2, -0.15) is 5.26 Å². The molecule has 1 fully saturated rings. The van der Waals surface area contributed by atoms with Crippen molar-refractivity contribution in [2.24, 2.45) is 5.92 Å². The molecule has 1 saturated carbocycles. The summed E-state index contributed by atoms with van der Waals surface area (Å²) in [5.74, 6) is 1.18. The molecule has 0 spiro atoms.